The van der Waals surface area contributed by atoms with Crippen LogP contribution in [0.1, 0.15) is 32.1 Å². The third kappa shape index (κ3) is 2.10. The molecule has 1 aliphatic heterocycles. The number of ether oxygens (including phenoxy) is 1. The van der Waals surface area contributed by atoms with Crippen molar-refractivity contribution >= 4 is 0 Å². The van der Waals surface area contributed by atoms with Crippen LogP contribution in [0.3, 0.4) is 0 Å². The molecule has 0 aromatic carbocycles. The summed E-state index contributed by atoms with van der Waals surface area (Å²) in [7, 11) is 0. The fourth-order valence-electron chi connectivity index (χ4n) is 2.66. The molecule has 0 bridgehead atoms. The van der Waals surface area contributed by atoms with Crippen LogP contribution in [0, 0.1) is 12.3 Å². The lowest BCUT2D eigenvalue weighted by Gasteiger charge is -2.43. The van der Waals surface area contributed by atoms with Gasteiger partial charge in [0.05, 0.1) is 12.7 Å². The van der Waals surface area contributed by atoms with E-state index in [1.54, 1.807) is 0 Å². The van der Waals surface area contributed by atoms with Crippen molar-refractivity contribution in [2.45, 2.75) is 44.2 Å². The van der Waals surface area contributed by atoms with E-state index < -0.39 is 0 Å². The van der Waals surface area contributed by atoms with E-state index in [0.29, 0.717) is 12.1 Å². The summed E-state index contributed by atoms with van der Waals surface area (Å²) in [5, 5.41) is 0. The normalized spacial score (nSPS) is 33.4. The minimum atomic E-state index is 0.496. The summed E-state index contributed by atoms with van der Waals surface area (Å²) in [5.41, 5.74) is 0. The van der Waals surface area contributed by atoms with Crippen molar-refractivity contribution in [2.75, 3.05) is 19.7 Å². The molecule has 2 heteroatoms. The molecular formula is C12H19NO. The van der Waals surface area contributed by atoms with E-state index >= 15 is 0 Å². The van der Waals surface area contributed by atoms with Gasteiger partial charge in [-0.15, -0.1) is 12.3 Å². The van der Waals surface area contributed by atoms with Crippen molar-refractivity contribution in [2.24, 2.45) is 0 Å². The molecule has 0 spiro atoms. The van der Waals surface area contributed by atoms with Crippen LogP contribution in [0.15, 0.2) is 0 Å². The number of hydrogen-bond acceptors (Lipinski definition) is 2. The number of terminal acetylenes is 1. The number of morpholine rings is 1. The first-order chi connectivity index (χ1) is 6.92. The van der Waals surface area contributed by atoms with Crippen LogP contribution in [0.5, 0.6) is 0 Å². The molecular weight excluding hydrogens is 174 g/mol. The topological polar surface area (TPSA) is 12.5 Å². The van der Waals surface area contributed by atoms with E-state index in [0.717, 1.165) is 26.1 Å². The van der Waals surface area contributed by atoms with Crippen molar-refractivity contribution in [1.29, 1.82) is 0 Å². The lowest BCUT2D eigenvalue weighted by molar-refractivity contribution is -0.0872. The molecule has 2 nitrogen and oxygen atoms in total. The second-order valence-electron chi connectivity index (χ2n) is 4.25. The molecule has 14 heavy (non-hydrogen) atoms. The van der Waals surface area contributed by atoms with Crippen molar-refractivity contribution in [3.8, 4) is 12.3 Å². The van der Waals surface area contributed by atoms with Gasteiger partial charge in [0.2, 0.25) is 0 Å². The average Bonchev–Trinajstić information content (AvgIpc) is 2.26. The maximum atomic E-state index is 5.80. The fraction of sp³-hybridized carbons (Fsp3) is 0.833. The van der Waals surface area contributed by atoms with Crippen LogP contribution in [-0.2, 0) is 4.74 Å². The summed E-state index contributed by atoms with van der Waals surface area (Å²) in [6.45, 7) is 3.02. The molecule has 2 unspecified atom stereocenters. The van der Waals surface area contributed by atoms with Crippen molar-refractivity contribution in [1.82, 2.24) is 4.90 Å². The summed E-state index contributed by atoms with van der Waals surface area (Å²) < 4.78 is 5.80. The van der Waals surface area contributed by atoms with Gasteiger partial charge in [-0.05, 0) is 12.8 Å². The highest BCUT2D eigenvalue weighted by molar-refractivity contribution is 4.91. The minimum absolute atomic E-state index is 0.496. The van der Waals surface area contributed by atoms with Crippen LogP contribution >= 0.6 is 0 Å². The van der Waals surface area contributed by atoms with Crippen LogP contribution < -0.4 is 0 Å². The van der Waals surface area contributed by atoms with E-state index in [4.69, 9.17) is 11.2 Å². The van der Waals surface area contributed by atoms with Gasteiger partial charge in [-0.1, -0.05) is 12.8 Å². The van der Waals surface area contributed by atoms with Crippen LogP contribution in [0.25, 0.3) is 0 Å². The molecule has 0 aromatic heterocycles. The fourth-order valence-corrected chi connectivity index (χ4v) is 2.66. The lowest BCUT2D eigenvalue weighted by Crippen LogP contribution is -2.52. The smallest absolute Gasteiger partial charge is 0.0730 e. The summed E-state index contributed by atoms with van der Waals surface area (Å²) >= 11 is 0. The number of rotatable bonds is 2. The summed E-state index contributed by atoms with van der Waals surface area (Å²) in [6, 6.07) is 0.658. The highest BCUT2D eigenvalue weighted by atomic mass is 16.5. The van der Waals surface area contributed by atoms with Crippen molar-refractivity contribution in [3.63, 3.8) is 0 Å². The Morgan fingerprint density at radius 1 is 1.36 bits per heavy atom. The quantitative estimate of drug-likeness (QED) is 0.618. The zero-order chi connectivity index (χ0) is 9.80. The predicted octanol–water partition coefficient (Wildman–Crippen LogP) is 1.65. The van der Waals surface area contributed by atoms with Crippen LogP contribution in [0.4, 0.5) is 0 Å². The molecule has 1 saturated heterocycles. The highest BCUT2D eigenvalue weighted by Gasteiger charge is 2.33. The number of hydrogen-bond donors (Lipinski definition) is 0. The third-order valence-electron chi connectivity index (χ3n) is 3.39. The van der Waals surface area contributed by atoms with Crippen LogP contribution in [0.2, 0.25) is 0 Å². The molecule has 0 aromatic rings. The van der Waals surface area contributed by atoms with Gasteiger partial charge in [-0.3, -0.25) is 4.90 Å². The largest absolute Gasteiger partial charge is 0.375 e. The minimum Gasteiger partial charge on any atom is -0.375 e. The lowest BCUT2D eigenvalue weighted by atomic mass is 9.90. The maximum absolute atomic E-state index is 5.80. The first-order valence-electron chi connectivity index (χ1n) is 5.71. The van der Waals surface area contributed by atoms with Crippen molar-refractivity contribution < 1.29 is 4.74 Å². The molecule has 1 heterocycles. The molecule has 2 atom stereocenters. The maximum Gasteiger partial charge on any atom is 0.0730 e. The van der Waals surface area contributed by atoms with Gasteiger partial charge in [0.15, 0.2) is 0 Å². The first-order valence-corrected chi connectivity index (χ1v) is 5.71. The summed E-state index contributed by atoms with van der Waals surface area (Å²) in [6.07, 6.45) is 11.9. The van der Waals surface area contributed by atoms with Gasteiger partial charge in [0, 0.05) is 25.6 Å². The molecule has 1 aliphatic carbocycles. The van der Waals surface area contributed by atoms with Gasteiger partial charge in [-0.2, -0.15) is 0 Å². The van der Waals surface area contributed by atoms with E-state index in [1.165, 1.54) is 25.7 Å². The Balaban J connectivity index is 1.91. The van der Waals surface area contributed by atoms with Gasteiger partial charge < -0.3 is 4.74 Å². The zero-order valence-electron chi connectivity index (χ0n) is 8.74. The van der Waals surface area contributed by atoms with Crippen molar-refractivity contribution in [3.05, 3.63) is 0 Å². The van der Waals surface area contributed by atoms with Gasteiger partial charge in [0.25, 0.3) is 0 Å². The Kier molecular flexibility index (Phi) is 3.44. The Morgan fingerprint density at radius 2 is 2.21 bits per heavy atom. The van der Waals surface area contributed by atoms with E-state index in [1.807, 2.05) is 0 Å². The molecule has 1 saturated carbocycles. The molecule has 0 N–H and O–H groups in total. The second kappa shape index (κ2) is 4.82. The Labute approximate surface area is 86.6 Å². The van der Waals surface area contributed by atoms with E-state index in [9.17, 15) is 0 Å². The molecule has 2 aliphatic rings. The second-order valence-corrected chi connectivity index (χ2v) is 4.25. The summed E-state index contributed by atoms with van der Waals surface area (Å²) in [4.78, 5) is 2.53. The SMILES string of the molecule is C#CCCN1CCOC2CCCCC21. The number of fused-ring (bicyclic) bond motifs is 1. The average molecular weight is 193 g/mol. The molecule has 2 fully saturated rings. The Morgan fingerprint density at radius 3 is 3.07 bits per heavy atom. The van der Waals surface area contributed by atoms with E-state index in [2.05, 4.69) is 10.8 Å². The molecule has 0 radical (unpaired) electrons. The third-order valence-corrected chi connectivity index (χ3v) is 3.39. The first kappa shape index (κ1) is 10.0. The monoisotopic (exact) mass is 193 g/mol. The Hall–Kier alpha value is -0.520. The zero-order valence-corrected chi connectivity index (χ0v) is 8.74. The van der Waals surface area contributed by atoms with Crippen LogP contribution in [-0.4, -0.2) is 36.7 Å². The summed E-state index contributed by atoms with van der Waals surface area (Å²) in [5.74, 6) is 2.73. The van der Waals surface area contributed by atoms with Gasteiger partial charge in [-0.25, -0.2) is 0 Å². The molecule has 0 amide bonds. The highest BCUT2D eigenvalue weighted by Crippen LogP contribution is 2.28. The van der Waals surface area contributed by atoms with E-state index in [-0.39, 0.29) is 0 Å². The number of nitrogens with zero attached hydrogens (tertiary/aromatic N) is 1. The standard InChI is InChI=1S/C12H19NO/c1-2-3-8-13-9-10-14-12-7-5-4-6-11(12)13/h1,11-12H,3-10H2. The predicted molar refractivity (Wildman–Crippen MR) is 57.0 cm³/mol. The molecule has 2 rings (SSSR count). The van der Waals surface area contributed by atoms with Gasteiger partial charge in [0.1, 0.15) is 0 Å². The Bertz CT molecular complexity index is 219. The molecule has 78 valence electrons. The van der Waals surface area contributed by atoms with Gasteiger partial charge >= 0.3 is 0 Å².